The molecule has 0 saturated heterocycles. The van der Waals surface area contributed by atoms with Crippen molar-refractivity contribution in [1.82, 2.24) is 5.32 Å². The van der Waals surface area contributed by atoms with Crippen LogP contribution in [0.1, 0.15) is 380 Å². The second kappa shape index (κ2) is 64.9. The molecule has 0 aliphatic carbocycles. The number of hydrogen-bond acceptors (Lipinski definition) is 5. The van der Waals surface area contributed by atoms with E-state index in [1.165, 1.54) is 302 Å². The molecule has 0 saturated carbocycles. The van der Waals surface area contributed by atoms with Gasteiger partial charge in [-0.25, -0.2) is 0 Å². The number of aliphatic hydroxyl groups excluding tert-OH is 2. The van der Waals surface area contributed by atoms with Crippen LogP contribution in [0.5, 0.6) is 0 Å². The normalized spacial score (nSPS) is 12.6. The Bertz CT molecular complexity index is 1170. The van der Waals surface area contributed by atoms with Crippen LogP contribution in [-0.4, -0.2) is 47.4 Å². The molecule has 6 heteroatoms. The molecule has 0 aromatic carbocycles. The van der Waals surface area contributed by atoms with E-state index in [1.54, 1.807) is 0 Å². The highest BCUT2D eigenvalue weighted by molar-refractivity contribution is 5.76. The number of esters is 1. The molecular formula is C69H133NO5. The number of rotatable bonds is 64. The van der Waals surface area contributed by atoms with Gasteiger partial charge in [0.05, 0.1) is 25.4 Å². The minimum atomic E-state index is -0.665. The number of allylic oxidation sites excluding steroid dienone is 4. The smallest absolute Gasteiger partial charge is 0.305 e. The molecule has 0 aromatic heterocycles. The summed E-state index contributed by atoms with van der Waals surface area (Å²) in [7, 11) is 0. The molecule has 2 unspecified atom stereocenters. The van der Waals surface area contributed by atoms with Gasteiger partial charge in [-0.3, -0.25) is 9.59 Å². The van der Waals surface area contributed by atoms with Crippen molar-refractivity contribution in [3.8, 4) is 0 Å². The first-order valence-corrected chi connectivity index (χ1v) is 34.1. The Balaban J connectivity index is 3.38. The van der Waals surface area contributed by atoms with Gasteiger partial charge in [0.2, 0.25) is 5.91 Å². The predicted molar refractivity (Wildman–Crippen MR) is 329 cm³/mol. The zero-order chi connectivity index (χ0) is 54.3. The molecule has 0 radical (unpaired) electrons. The SMILES string of the molecule is CCCCCC/C=C\CCCCCCCC(=O)OCCCCCCCCCCCCCC/C=C\CCCCCCCCCCCCCC(=O)NC(CO)C(O)CCCCCCCCCCCCCCCCCCCC. The molecule has 0 bridgehead atoms. The molecule has 0 aliphatic heterocycles. The van der Waals surface area contributed by atoms with Crippen LogP contribution in [-0.2, 0) is 14.3 Å². The highest BCUT2D eigenvalue weighted by Crippen LogP contribution is 2.18. The van der Waals surface area contributed by atoms with Crippen molar-refractivity contribution in [2.75, 3.05) is 13.2 Å². The number of amides is 1. The highest BCUT2D eigenvalue weighted by atomic mass is 16.5. The Morgan fingerprint density at radius 1 is 0.360 bits per heavy atom. The Labute approximate surface area is 469 Å². The van der Waals surface area contributed by atoms with Crippen molar-refractivity contribution in [3.05, 3.63) is 24.3 Å². The Morgan fingerprint density at radius 3 is 0.960 bits per heavy atom. The summed E-state index contributed by atoms with van der Waals surface area (Å²) in [5.41, 5.74) is 0. The minimum absolute atomic E-state index is 0.00640. The summed E-state index contributed by atoms with van der Waals surface area (Å²) >= 11 is 0. The lowest BCUT2D eigenvalue weighted by Crippen LogP contribution is -2.45. The lowest BCUT2D eigenvalue weighted by molar-refractivity contribution is -0.143. The number of carbonyl (C=O) groups excluding carboxylic acids is 2. The van der Waals surface area contributed by atoms with Gasteiger partial charge >= 0.3 is 5.97 Å². The summed E-state index contributed by atoms with van der Waals surface area (Å²) < 4.78 is 5.48. The zero-order valence-corrected chi connectivity index (χ0v) is 50.8. The average molecular weight is 1060 g/mol. The molecule has 0 fully saturated rings. The van der Waals surface area contributed by atoms with Gasteiger partial charge in [0.25, 0.3) is 0 Å². The largest absolute Gasteiger partial charge is 0.466 e. The minimum Gasteiger partial charge on any atom is -0.466 e. The van der Waals surface area contributed by atoms with Gasteiger partial charge in [-0.2, -0.15) is 0 Å². The van der Waals surface area contributed by atoms with Crippen LogP contribution in [0.2, 0.25) is 0 Å². The fourth-order valence-electron chi connectivity index (χ4n) is 10.7. The number of hydrogen-bond donors (Lipinski definition) is 3. The van der Waals surface area contributed by atoms with E-state index >= 15 is 0 Å². The van der Waals surface area contributed by atoms with E-state index in [0.717, 1.165) is 44.9 Å². The van der Waals surface area contributed by atoms with E-state index in [2.05, 4.69) is 43.5 Å². The summed E-state index contributed by atoms with van der Waals surface area (Å²) in [4.78, 5) is 24.6. The van der Waals surface area contributed by atoms with Crippen molar-refractivity contribution in [2.24, 2.45) is 0 Å². The fraction of sp³-hybridized carbons (Fsp3) is 0.913. The highest BCUT2D eigenvalue weighted by Gasteiger charge is 2.20. The summed E-state index contributed by atoms with van der Waals surface area (Å²) in [5, 5.41) is 23.4. The molecule has 75 heavy (non-hydrogen) atoms. The zero-order valence-electron chi connectivity index (χ0n) is 50.8. The Kier molecular flexibility index (Phi) is 63.4. The van der Waals surface area contributed by atoms with Crippen LogP contribution < -0.4 is 5.32 Å². The van der Waals surface area contributed by atoms with Gasteiger partial charge in [-0.15, -0.1) is 0 Å². The van der Waals surface area contributed by atoms with E-state index in [-0.39, 0.29) is 18.5 Å². The topological polar surface area (TPSA) is 95.9 Å². The third-order valence-electron chi connectivity index (χ3n) is 16.0. The van der Waals surface area contributed by atoms with Gasteiger partial charge in [-0.1, -0.05) is 314 Å². The quantitative estimate of drug-likeness (QED) is 0.0320. The fourth-order valence-corrected chi connectivity index (χ4v) is 10.7. The third kappa shape index (κ3) is 61.4. The van der Waals surface area contributed by atoms with E-state index in [0.29, 0.717) is 25.9 Å². The summed E-state index contributed by atoms with van der Waals surface area (Å²) in [6, 6.07) is -0.542. The summed E-state index contributed by atoms with van der Waals surface area (Å²) in [6.45, 7) is 4.97. The van der Waals surface area contributed by atoms with Crippen molar-refractivity contribution in [2.45, 2.75) is 392 Å². The molecule has 2 atom stereocenters. The maximum Gasteiger partial charge on any atom is 0.305 e. The molecule has 1 amide bonds. The lowest BCUT2D eigenvalue weighted by Gasteiger charge is -2.22. The Morgan fingerprint density at radius 2 is 0.627 bits per heavy atom. The number of unbranched alkanes of at least 4 members (excludes halogenated alkanes) is 49. The number of carbonyl (C=O) groups is 2. The van der Waals surface area contributed by atoms with Crippen LogP contribution in [0.25, 0.3) is 0 Å². The standard InChI is InChI=1S/C69H133NO5/c1-3-5-7-9-11-13-15-17-18-19-31-34-38-41-45-49-53-57-61-67(72)66(65-71)70-68(73)62-58-54-50-46-42-39-35-32-29-27-25-23-21-20-22-24-26-28-30-33-36-40-44-48-52-56-60-64-75-69(74)63-59-55-51-47-43-37-16-14-12-10-8-6-4-2/h14,16,20-21,66-67,71-72H,3-13,15,17-19,22-65H2,1-2H3,(H,70,73)/b16-14-,21-20-. The van der Waals surface area contributed by atoms with Gasteiger partial charge in [0, 0.05) is 12.8 Å². The van der Waals surface area contributed by atoms with Gasteiger partial charge in [0.1, 0.15) is 0 Å². The molecular weight excluding hydrogens is 923 g/mol. The number of nitrogens with one attached hydrogen (secondary N) is 1. The first-order chi connectivity index (χ1) is 37.0. The van der Waals surface area contributed by atoms with Crippen molar-refractivity contribution in [1.29, 1.82) is 0 Å². The van der Waals surface area contributed by atoms with Crippen molar-refractivity contribution in [3.63, 3.8) is 0 Å². The Hall–Kier alpha value is -1.66. The predicted octanol–water partition coefficient (Wildman–Crippen LogP) is 21.8. The molecule has 0 aromatic rings. The summed E-state index contributed by atoms with van der Waals surface area (Å²) in [5.74, 6) is -0.0259. The molecule has 3 N–H and O–H groups in total. The molecule has 6 nitrogen and oxygen atoms in total. The first kappa shape index (κ1) is 73.3. The molecule has 0 heterocycles. The average Bonchev–Trinajstić information content (AvgIpc) is 3.41. The van der Waals surface area contributed by atoms with Crippen LogP contribution in [0, 0.1) is 0 Å². The molecule has 0 spiro atoms. The van der Waals surface area contributed by atoms with Crippen LogP contribution in [0.4, 0.5) is 0 Å². The second-order valence-corrected chi connectivity index (χ2v) is 23.5. The van der Waals surface area contributed by atoms with Crippen molar-refractivity contribution < 1.29 is 24.5 Å². The van der Waals surface area contributed by atoms with Crippen LogP contribution in [0.15, 0.2) is 24.3 Å². The lowest BCUT2D eigenvalue weighted by atomic mass is 10.0. The van der Waals surface area contributed by atoms with Gasteiger partial charge < -0.3 is 20.3 Å². The molecule has 0 aliphatic rings. The second-order valence-electron chi connectivity index (χ2n) is 23.5. The van der Waals surface area contributed by atoms with E-state index in [4.69, 9.17) is 4.74 Å². The number of ether oxygens (including phenoxy) is 1. The van der Waals surface area contributed by atoms with E-state index in [1.807, 2.05) is 0 Å². The van der Waals surface area contributed by atoms with Gasteiger partial charge in [0.15, 0.2) is 0 Å². The van der Waals surface area contributed by atoms with Crippen molar-refractivity contribution >= 4 is 11.9 Å². The van der Waals surface area contributed by atoms with E-state index in [9.17, 15) is 19.8 Å². The first-order valence-electron chi connectivity index (χ1n) is 34.1. The number of aliphatic hydroxyl groups is 2. The third-order valence-corrected chi connectivity index (χ3v) is 16.0. The maximum atomic E-state index is 12.5. The molecule has 444 valence electrons. The van der Waals surface area contributed by atoms with Crippen LogP contribution >= 0.6 is 0 Å². The van der Waals surface area contributed by atoms with Gasteiger partial charge in [-0.05, 0) is 77.0 Å². The monoisotopic (exact) mass is 1060 g/mol. The van der Waals surface area contributed by atoms with E-state index < -0.39 is 12.1 Å². The molecule has 0 rings (SSSR count). The maximum absolute atomic E-state index is 12.5. The van der Waals surface area contributed by atoms with Crippen LogP contribution in [0.3, 0.4) is 0 Å². The summed E-state index contributed by atoms with van der Waals surface area (Å²) in [6.07, 6.45) is 80.7.